The number of amidine groups is 1. The van der Waals surface area contributed by atoms with Crippen LogP contribution in [0.15, 0.2) is 59.1 Å². The van der Waals surface area contributed by atoms with Gasteiger partial charge in [0.05, 0.1) is 17.0 Å². The quantitative estimate of drug-likeness (QED) is 0.695. The predicted molar refractivity (Wildman–Crippen MR) is 118 cm³/mol. The molecule has 9 heteroatoms. The SMILES string of the molecule is C=CCSC1=NN2C(=c3ccccc3=NC2c2cc(Cl)c(O)c(OCC)c2)C(=O)N1. The van der Waals surface area contributed by atoms with Crippen LogP contribution in [0, 0.1) is 0 Å². The maximum absolute atomic E-state index is 13.0. The number of amides is 1. The number of nitrogens with one attached hydrogen (secondary N) is 1. The van der Waals surface area contributed by atoms with Crippen LogP contribution in [-0.2, 0) is 4.79 Å². The van der Waals surface area contributed by atoms with Crippen molar-refractivity contribution in [1.82, 2.24) is 10.3 Å². The molecular formula is C21H19ClN4O3S. The average molecular weight is 443 g/mol. The van der Waals surface area contributed by atoms with Crippen LogP contribution in [0.5, 0.6) is 11.5 Å². The molecule has 30 heavy (non-hydrogen) atoms. The fourth-order valence-electron chi connectivity index (χ4n) is 3.26. The zero-order valence-corrected chi connectivity index (χ0v) is 17.7. The number of rotatable bonds is 5. The van der Waals surface area contributed by atoms with Crippen molar-refractivity contribution in [2.24, 2.45) is 10.1 Å². The summed E-state index contributed by atoms with van der Waals surface area (Å²) < 4.78 is 5.52. The van der Waals surface area contributed by atoms with Crippen molar-refractivity contribution in [2.45, 2.75) is 13.1 Å². The number of benzene rings is 2. The molecule has 2 aliphatic heterocycles. The first-order chi connectivity index (χ1) is 14.5. The molecule has 1 unspecified atom stereocenters. The summed E-state index contributed by atoms with van der Waals surface area (Å²) in [5.74, 6) is 0.450. The minimum atomic E-state index is -0.655. The van der Waals surface area contributed by atoms with Gasteiger partial charge in [0.15, 0.2) is 22.8 Å². The van der Waals surface area contributed by atoms with Gasteiger partial charge in [-0.05, 0) is 25.1 Å². The largest absolute Gasteiger partial charge is 0.503 e. The molecule has 0 saturated carbocycles. The second-order valence-corrected chi connectivity index (χ2v) is 7.87. The second kappa shape index (κ2) is 8.41. The number of nitrogens with zero attached hydrogens (tertiary/aromatic N) is 3. The molecule has 4 rings (SSSR count). The third-order valence-electron chi connectivity index (χ3n) is 4.50. The molecule has 1 atom stereocenters. The lowest BCUT2D eigenvalue weighted by Gasteiger charge is -2.34. The van der Waals surface area contributed by atoms with Crippen LogP contribution in [0.2, 0.25) is 5.02 Å². The number of aromatic hydroxyl groups is 1. The van der Waals surface area contributed by atoms with Crippen LogP contribution in [0.25, 0.3) is 5.70 Å². The molecular weight excluding hydrogens is 424 g/mol. The topological polar surface area (TPSA) is 86.5 Å². The van der Waals surface area contributed by atoms with E-state index < -0.39 is 6.17 Å². The van der Waals surface area contributed by atoms with Gasteiger partial charge in [0.1, 0.15) is 5.70 Å². The van der Waals surface area contributed by atoms with E-state index in [1.54, 1.807) is 23.2 Å². The van der Waals surface area contributed by atoms with Crippen molar-refractivity contribution < 1.29 is 14.6 Å². The van der Waals surface area contributed by atoms with Gasteiger partial charge >= 0.3 is 0 Å². The highest BCUT2D eigenvalue weighted by Crippen LogP contribution is 2.40. The number of phenols is 1. The number of thioether (sulfide) groups is 1. The van der Waals surface area contributed by atoms with Crippen LogP contribution in [-0.4, -0.2) is 33.6 Å². The van der Waals surface area contributed by atoms with E-state index in [2.05, 4.69) is 17.0 Å². The molecule has 0 aromatic heterocycles. The number of ether oxygens (including phenoxy) is 1. The minimum absolute atomic E-state index is 0.134. The van der Waals surface area contributed by atoms with Gasteiger partial charge in [-0.2, -0.15) is 0 Å². The van der Waals surface area contributed by atoms with E-state index in [0.717, 1.165) is 0 Å². The maximum atomic E-state index is 13.0. The summed E-state index contributed by atoms with van der Waals surface area (Å²) in [5.41, 5.74) is 1.04. The van der Waals surface area contributed by atoms with Gasteiger partial charge in [-0.15, -0.1) is 11.7 Å². The van der Waals surface area contributed by atoms with Crippen molar-refractivity contribution in [1.29, 1.82) is 0 Å². The molecule has 0 spiro atoms. The summed E-state index contributed by atoms with van der Waals surface area (Å²) in [5, 5.41) is 21.2. The third kappa shape index (κ3) is 3.64. The highest BCUT2D eigenvalue weighted by Gasteiger charge is 2.35. The lowest BCUT2D eigenvalue weighted by molar-refractivity contribution is -0.116. The first-order valence-electron chi connectivity index (χ1n) is 9.28. The number of carbonyl (C=O) groups excluding carboxylic acids is 1. The summed E-state index contributed by atoms with van der Waals surface area (Å²) in [6, 6.07) is 10.7. The normalized spacial score (nSPS) is 17.3. The third-order valence-corrected chi connectivity index (χ3v) is 5.65. The first-order valence-corrected chi connectivity index (χ1v) is 10.6. The van der Waals surface area contributed by atoms with Crippen LogP contribution < -0.4 is 20.6 Å². The Bertz CT molecular complexity index is 1180. The number of carbonyl (C=O) groups is 1. The Morgan fingerprint density at radius 2 is 2.20 bits per heavy atom. The first kappa shape index (κ1) is 20.3. The Labute approximate surface area is 182 Å². The van der Waals surface area contributed by atoms with E-state index >= 15 is 0 Å². The molecule has 2 N–H and O–H groups in total. The number of hydrazone groups is 1. The Morgan fingerprint density at radius 3 is 2.97 bits per heavy atom. The maximum Gasteiger partial charge on any atom is 0.276 e. The van der Waals surface area contributed by atoms with Crippen LogP contribution in [0.1, 0.15) is 18.7 Å². The van der Waals surface area contributed by atoms with Gasteiger partial charge in [-0.3, -0.25) is 15.1 Å². The second-order valence-electron chi connectivity index (χ2n) is 6.45. The van der Waals surface area contributed by atoms with E-state index in [1.807, 2.05) is 31.2 Å². The van der Waals surface area contributed by atoms with E-state index in [1.165, 1.54) is 11.8 Å². The number of para-hydroxylation sites is 1. The van der Waals surface area contributed by atoms with Gasteiger partial charge in [0.2, 0.25) is 0 Å². The van der Waals surface area contributed by atoms with Crippen LogP contribution in [0.4, 0.5) is 0 Å². The van der Waals surface area contributed by atoms with Gasteiger partial charge in [-0.1, -0.05) is 47.6 Å². The van der Waals surface area contributed by atoms with Crippen LogP contribution >= 0.6 is 23.4 Å². The molecule has 0 radical (unpaired) electrons. The molecule has 2 heterocycles. The zero-order valence-electron chi connectivity index (χ0n) is 16.1. The number of halogens is 1. The van der Waals surface area contributed by atoms with Crippen LogP contribution in [0.3, 0.4) is 0 Å². The van der Waals surface area contributed by atoms with Gasteiger partial charge in [0, 0.05) is 16.5 Å². The standard InChI is InChI=1S/C21H19ClN4O3S/c1-3-9-30-21-24-20(28)17-13-7-5-6-8-15(13)23-19(26(17)25-21)12-10-14(22)18(27)16(11-12)29-4-2/h3,5-8,10-11,19,27H,1,4,9H2,2H3,(H,24,25,28). The highest BCUT2D eigenvalue weighted by atomic mass is 35.5. The molecule has 2 aliphatic rings. The molecule has 154 valence electrons. The van der Waals surface area contributed by atoms with E-state index in [4.69, 9.17) is 21.3 Å². The van der Waals surface area contributed by atoms with Gasteiger partial charge in [-0.25, -0.2) is 5.01 Å². The van der Waals surface area contributed by atoms with Gasteiger partial charge < -0.3 is 9.84 Å². The Kier molecular flexibility index (Phi) is 5.69. The van der Waals surface area contributed by atoms with Crippen molar-refractivity contribution >= 4 is 40.1 Å². The molecule has 0 saturated heterocycles. The van der Waals surface area contributed by atoms with Crippen molar-refractivity contribution in [3.8, 4) is 11.5 Å². The molecule has 2 aromatic carbocycles. The smallest absolute Gasteiger partial charge is 0.276 e. The van der Waals surface area contributed by atoms with E-state index in [-0.39, 0.29) is 22.4 Å². The Morgan fingerprint density at radius 1 is 1.40 bits per heavy atom. The number of fused-ring (bicyclic) bond motifs is 2. The van der Waals surface area contributed by atoms with Crippen molar-refractivity contribution in [3.63, 3.8) is 0 Å². The Balaban J connectivity index is 1.91. The van der Waals surface area contributed by atoms with E-state index in [9.17, 15) is 9.90 Å². The monoisotopic (exact) mass is 442 g/mol. The summed E-state index contributed by atoms with van der Waals surface area (Å²) in [4.78, 5) is 17.8. The summed E-state index contributed by atoms with van der Waals surface area (Å²) in [6.45, 7) is 5.88. The molecule has 0 fully saturated rings. The fourth-order valence-corrected chi connectivity index (χ4v) is 4.06. The zero-order chi connectivity index (χ0) is 21.3. The lowest BCUT2D eigenvalue weighted by atomic mass is 10.1. The molecule has 7 nitrogen and oxygen atoms in total. The number of phenolic OH excluding ortho intramolecular Hbond substituents is 1. The van der Waals surface area contributed by atoms with Crippen molar-refractivity contribution in [3.05, 3.63) is 70.2 Å². The average Bonchev–Trinajstić information content (AvgIpc) is 2.74. The summed E-state index contributed by atoms with van der Waals surface area (Å²) in [6.07, 6.45) is 1.08. The summed E-state index contributed by atoms with van der Waals surface area (Å²) in [7, 11) is 0. The van der Waals surface area contributed by atoms with Gasteiger partial charge in [0.25, 0.3) is 5.91 Å². The lowest BCUT2D eigenvalue weighted by Crippen LogP contribution is -2.50. The van der Waals surface area contributed by atoms with Crippen molar-refractivity contribution in [2.75, 3.05) is 12.4 Å². The number of hydrogen-bond donors (Lipinski definition) is 2. The molecule has 0 aliphatic carbocycles. The number of hydrogen-bond acceptors (Lipinski definition) is 7. The predicted octanol–water partition coefficient (Wildman–Crippen LogP) is 2.51. The fraction of sp³-hybridized carbons (Fsp3) is 0.190. The summed E-state index contributed by atoms with van der Waals surface area (Å²) >= 11 is 7.61. The Hall–Kier alpha value is -2.97. The molecule has 2 aromatic rings. The molecule has 1 amide bonds. The van der Waals surface area contributed by atoms with E-state index in [0.29, 0.717) is 39.4 Å². The highest BCUT2D eigenvalue weighted by molar-refractivity contribution is 8.14. The molecule has 0 bridgehead atoms. The minimum Gasteiger partial charge on any atom is -0.503 e.